The summed E-state index contributed by atoms with van der Waals surface area (Å²) >= 11 is 0. The Kier molecular flexibility index (Phi) is 5.34. The van der Waals surface area contributed by atoms with Gasteiger partial charge < -0.3 is 0 Å². The molecule has 0 spiro atoms. The van der Waals surface area contributed by atoms with E-state index < -0.39 is 0 Å². The Labute approximate surface area is 73.6 Å². The van der Waals surface area contributed by atoms with Crippen LogP contribution in [0, 0.1) is 22.0 Å². The van der Waals surface area contributed by atoms with Crippen LogP contribution in [0.25, 0.3) is 0 Å². The van der Waals surface area contributed by atoms with Crippen molar-refractivity contribution in [1.29, 1.82) is 0 Å². The Morgan fingerprint density at radius 1 is 1.50 bits per heavy atom. The number of rotatable bonds is 5. The van der Waals surface area contributed by atoms with Crippen molar-refractivity contribution in [2.75, 3.05) is 6.54 Å². The molecule has 0 aliphatic rings. The maximum absolute atomic E-state index is 10.2. The van der Waals surface area contributed by atoms with Crippen LogP contribution in [0.15, 0.2) is 12.2 Å². The van der Waals surface area contributed by atoms with Gasteiger partial charge in [-0.3, -0.25) is 10.1 Å². The molecule has 0 amide bonds. The summed E-state index contributed by atoms with van der Waals surface area (Å²) in [5.74, 6) is 0.621. The SMILES string of the molecule is C/C=C/[C@@H](CC(C)C)C[N+](=O)[O-]. The molecule has 0 rings (SSSR count). The monoisotopic (exact) mass is 171 g/mol. The largest absolute Gasteiger partial charge is 0.265 e. The van der Waals surface area contributed by atoms with Gasteiger partial charge in [0.15, 0.2) is 0 Å². The molecule has 1 atom stereocenters. The fraction of sp³-hybridized carbons (Fsp3) is 0.778. The number of nitrogens with zero attached hydrogens (tertiary/aromatic N) is 1. The lowest BCUT2D eigenvalue weighted by molar-refractivity contribution is -0.486. The lowest BCUT2D eigenvalue weighted by Crippen LogP contribution is -2.14. The molecule has 70 valence electrons. The van der Waals surface area contributed by atoms with E-state index in [1.165, 1.54) is 0 Å². The van der Waals surface area contributed by atoms with Crippen LogP contribution in [0.1, 0.15) is 27.2 Å². The minimum absolute atomic E-state index is 0.0581. The van der Waals surface area contributed by atoms with E-state index in [2.05, 4.69) is 13.8 Å². The number of hydrogen-bond acceptors (Lipinski definition) is 2. The van der Waals surface area contributed by atoms with Crippen molar-refractivity contribution < 1.29 is 4.92 Å². The predicted molar refractivity (Wildman–Crippen MR) is 49.6 cm³/mol. The molecule has 0 heterocycles. The summed E-state index contributed by atoms with van der Waals surface area (Å²) in [6.45, 7) is 6.11. The third-order valence-corrected chi connectivity index (χ3v) is 1.62. The van der Waals surface area contributed by atoms with Gasteiger partial charge in [-0.2, -0.15) is 0 Å². The number of nitro groups is 1. The van der Waals surface area contributed by atoms with Gasteiger partial charge in [0.1, 0.15) is 0 Å². The van der Waals surface area contributed by atoms with Crippen LogP contribution in [0.3, 0.4) is 0 Å². The van der Waals surface area contributed by atoms with Gasteiger partial charge in [-0.15, -0.1) is 0 Å². The zero-order valence-electron chi connectivity index (χ0n) is 7.99. The highest BCUT2D eigenvalue weighted by Crippen LogP contribution is 2.13. The second-order valence-corrected chi connectivity index (χ2v) is 3.43. The third kappa shape index (κ3) is 5.89. The molecule has 0 saturated heterocycles. The molecule has 0 bridgehead atoms. The van der Waals surface area contributed by atoms with Crippen molar-refractivity contribution in [2.45, 2.75) is 27.2 Å². The summed E-state index contributed by atoms with van der Waals surface area (Å²) in [5, 5.41) is 10.2. The Morgan fingerprint density at radius 2 is 2.08 bits per heavy atom. The molecule has 0 N–H and O–H groups in total. The minimum Gasteiger partial charge on any atom is -0.265 e. The Hall–Kier alpha value is -0.860. The topological polar surface area (TPSA) is 43.1 Å². The molecule has 0 saturated carbocycles. The van der Waals surface area contributed by atoms with E-state index in [-0.39, 0.29) is 17.4 Å². The molecule has 0 aliphatic heterocycles. The molecular formula is C9H17NO2. The minimum atomic E-state index is -0.243. The Bertz CT molecular complexity index is 164. The van der Waals surface area contributed by atoms with Crippen molar-refractivity contribution in [3.63, 3.8) is 0 Å². The second kappa shape index (κ2) is 5.75. The second-order valence-electron chi connectivity index (χ2n) is 3.43. The number of hydrogen-bond donors (Lipinski definition) is 0. The normalized spacial score (nSPS) is 14.0. The molecular weight excluding hydrogens is 154 g/mol. The summed E-state index contributed by atoms with van der Waals surface area (Å²) in [4.78, 5) is 9.99. The molecule has 0 radical (unpaired) electrons. The van der Waals surface area contributed by atoms with E-state index in [0.29, 0.717) is 5.92 Å². The molecule has 12 heavy (non-hydrogen) atoms. The quantitative estimate of drug-likeness (QED) is 0.362. The fourth-order valence-corrected chi connectivity index (χ4v) is 1.28. The van der Waals surface area contributed by atoms with Crippen molar-refractivity contribution in [3.05, 3.63) is 22.3 Å². The third-order valence-electron chi connectivity index (χ3n) is 1.62. The van der Waals surface area contributed by atoms with Crippen LogP contribution in [0.5, 0.6) is 0 Å². The first-order valence-electron chi connectivity index (χ1n) is 4.30. The van der Waals surface area contributed by atoms with Crippen LogP contribution in [0.2, 0.25) is 0 Å². The van der Waals surface area contributed by atoms with Gasteiger partial charge >= 0.3 is 0 Å². The van der Waals surface area contributed by atoms with Crippen molar-refractivity contribution in [2.24, 2.45) is 11.8 Å². The van der Waals surface area contributed by atoms with Gasteiger partial charge in [-0.05, 0) is 19.3 Å². The van der Waals surface area contributed by atoms with Gasteiger partial charge in [0.25, 0.3) is 0 Å². The lowest BCUT2D eigenvalue weighted by Gasteiger charge is -2.09. The van der Waals surface area contributed by atoms with E-state index in [1.807, 2.05) is 19.1 Å². The van der Waals surface area contributed by atoms with E-state index in [1.54, 1.807) is 0 Å². The first-order chi connectivity index (χ1) is 5.56. The first kappa shape index (κ1) is 11.1. The molecule has 3 nitrogen and oxygen atoms in total. The van der Waals surface area contributed by atoms with E-state index >= 15 is 0 Å². The van der Waals surface area contributed by atoms with Crippen molar-refractivity contribution in [1.82, 2.24) is 0 Å². The standard InChI is InChI=1S/C9H17NO2/c1-4-5-9(6-8(2)3)7-10(11)12/h4-5,8-9H,6-7H2,1-3H3/b5-4+/t9-/m0/s1. The van der Waals surface area contributed by atoms with Crippen LogP contribution < -0.4 is 0 Å². The van der Waals surface area contributed by atoms with Crippen molar-refractivity contribution >= 4 is 0 Å². The van der Waals surface area contributed by atoms with E-state index in [9.17, 15) is 10.1 Å². The smallest absolute Gasteiger partial charge is 0.210 e. The summed E-state index contributed by atoms with van der Waals surface area (Å²) < 4.78 is 0. The average Bonchev–Trinajstić information content (AvgIpc) is 1.84. The van der Waals surface area contributed by atoms with Gasteiger partial charge in [-0.25, -0.2) is 0 Å². The predicted octanol–water partition coefficient (Wildman–Crippen LogP) is 2.50. The summed E-state index contributed by atoms with van der Waals surface area (Å²) in [6.07, 6.45) is 4.70. The summed E-state index contributed by atoms with van der Waals surface area (Å²) in [5.41, 5.74) is 0. The first-order valence-corrected chi connectivity index (χ1v) is 4.30. The van der Waals surface area contributed by atoms with Crippen LogP contribution in [-0.4, -0.2) is 11.5 Å². The highest BCUT2D eigenvalue weighted by atomic mass is 16.6. The zero-order valence-corrected chi connectivity index (χ0v) is 7.99. The van der Waals surface area contributed by atoms with Gasteiger partial charge in [0.05, 0.1) is 0 Å². The van der Waals surface area contributed by atoms with Gasteiger partial charge in [0.2, 0.25) is 6.54 Å². The average molecular weight is 171 g/mol. The maximum atomic E-state index is 10.2. The molecule has 0 aromatic heterocycles. The number of allylic oxidation sites excluding steroid dienone is 1. The zero-order chi connectivity index (χ0) is 9.56. The Morgan fingerprint density at radius 3 is 2.42 bits per heavy atom. The maximum Gasteiger partial charge on any atom is 0.210 e. The molecule has 3 heteroatoms. The molecule has 0 aromatic carbocycles. The fourth-order valence-electron chi connectivity index (χ4n) is 1.28. The summed E-state index contributed by atoms with van der Waals surface area (Å²) in [6, 6.07) is 0. The van der Waals surface area contributed by atoms with Gasteiger partial charge in [0, 0.05) is 10.8 Å². The molecule has 0 aliphatic carbocycles. The molecule has 0 unspecified atom stereocenters. The molecule has 0 aromatic rings. The van der Waals surface area contributed by atoms with Crippen LogP contribution >= 0.6 is 0 Å². The van der Waals surface area contributed by atoms with Crippen LogP contribution in [0.4, 0.5) is 0 Å². The molecule has 0 fully saturated rings. The van der Waals surface area contributed by atoms with Gasteiger partial charge in [-0.1, -0.05) is 26.0 Å². The van der Waals surface area contributed by atoms with Crippen LogP contribution in [-0.2, 0) is 0 Å². The summed E-state index contributed by atoms with van der Waals surface area (Å²) in [7, 11) is 0. The Balaban J connectivity index is 3.95. The van der Waals surface area contributed by atoms with E-state index in [4.69, 9.17) is 0 Å². The van der Waals surface area contributed by atoms with E-state index in [0.717, 1.165) is 6.42 Å². The van der Waals surface area contributed by atoms with Crippen molar-refractivity contribution in [3.8, 4) is 0 Å². The highest BCUT2D eigenvalue weighted by molar-refractivity contribution is 4.85. The lowest BCUT2D eigenvalue weighted by atomic mass is 9.97. The highest BCUT2D eigenvalue weighted by Gasteiger charge is 2.12.